The zero-order valence-corrected chi connectivity index (χ0v) is 25.1. The summed E-state index contributed by atoms with van der Waals surface area (Å²) in [4.78, 5) is 13.0. The molecule has 1 aliphatic heterocycles. The first-order chi connectivity index (χ1) is 19.4. The van der Waals surface area contributed by atoms with Gasteiger partial charge in [0.05, 0.1) is 18.1 Å². The lowest BCUT2D eigenvalue weighted by Gasteiger charge is -2.22. The molecule has 1 amide bonds. The number of aryl methyl sites for hydroxylation is 1. The molecular weight excluding hydrogens is 522 g/mol. The SMILES string of the molecule is CCCCCCCCCCCCC/C=C/[C@@H]1[C@@H](COCc2ccccc2)OC(=O)N1S(=O)(=O)c1ccc(C)cc1. The summed E-state index contributed by atoms with van der Waals surface area (Å²) in [6, 6.07) is 15.5. The summed E-state index contributed by atoms with van der Waals surface area (Å²) in [5.74, 6) is 0. The number of rotatable bonds is 19. The molecule has 220 valence electrons. The van der Waals surface area contributed by atoms with Crippen molar-refractivity contribution in [2.45, 2.75) is 115 Å². The monoisotopic (exact) mass is 569 g/mol. The number of unbranched alkanes of at least 4 members (excludes halogenated alkanes) is 11. The molecule has 0 spiro atoms. The smallest absolute Gasteiger partial charge is 0.424 e. The highest BCUT2D eigenvalue weighted by atomic mass is 32.2. The molecular formula is C33H47NO5S. The van der Waals surface area contributed by atoms with Crippen molar-refractivity contribution in [3.05, 3.63) is 77.9 Å². The topological polar surface area (TPSA) is 72.9 Å². The second kappa shape index (κ2) is 17.2. The van der Waals surface area contributed by atoms with Gasteiger partial charge in [0.25, 0.3) is 10.0 Å². The van der Waals surface area contributed by atoms with Gasteiger partial charge in [-0.25, -0.2) is 13.2 Å². The summed E-state index contributed by atoms with van der Waals surface area (Å²) in [5.41, 5.74) is 1.94. The minimum absolute atomic E-state index is 0.0738. The molecule has 3 rings (SSSR count). The molecule has 1 aliphatic rings. The Morgan fingerprint density at radius 2 is 1.45 bits per heavy atom. The Balaban J connectivity index is 1.54. The summed E-state index contributed by atoms with van der Waals surface area (Å²) >= 11 is 0. The molecule has 0 radical (unpaired) electrons. The molecule has 2 aromatic carbocycles. The predicted molar refractivity (Wildman–Crippen MR) is 161 cm³/mol. The summed E-state index contributed by atoms with van der Waals surface area (Å²) in [5, 5.41) is 0. The quantitative estimate of drug-likeness (QED) is 0.126. The average Bonchev–Trinajstić information content (AvgIpc) is 3.27. The van der Waals surface area contributed by atoms with Crippen LogP contribution in [0.4, 0.5) is 4.79 Å². The number of carbonyl (C=O) groups is 1. The molecule has 1 heterocycles. The molecule has 0 saturated carbocycles. The molecule has 0 aliphatic carbocycles. The highest BCUT2D eigenvalue weighted by molar-refractivity contribution is 7.89. The van der Waals surface area contributed by atoms with Gasteiger partial charge < -0.3 is 9.47 Å². The molecule has 2 atom stereocenters. The predicted octanol–water partition coefficient (Wildman–Crippen LogP) is 8.35. The van der Waals surface area contributed by atoms with Crippen LogP contribution in [0.5, 0.6) is 0 Å². The lowest BCUT2D eigenvalue weighted by atomic mass is 10.0. The zero-order valence-electron chi connectivity index (χ0n) is 24.3. The van der Waals surface area contributed by atoms with Gasteiger partial charge in [-0.1, -0.05) is 131 Å². The molecule has 0 N–H and O–H groups in total. The van der Waals surface area contributed by atoms with Crippen LogP contribution in [0.1, 0.15) is 95.1 Å². The fraction of sp³-hybridized carbons (Fsp3) is 0.545. The van der Waals surface area contributed by atoms with Crippen LogP contribution in [0.25, 0.3) is 0 Å². The van der Waals surface area contributed by atoms with E-state index in [0.717, 1.165) is 34.7 Å². The molecule has 0 bridgehead atoms. The Morgan fingerprint density at radius 1 is 0.850 bits per heavy atom. The van der Waals surface area contributed by atoms with E-state index in [9.17, 15) is 13.2 Å². The maximum atomic E-state index is 13.5. The van der Waals surface area contributed by atoms with E-state index >= 15 is 0 Å². The Hall–Kier alpha value is -2.64. The van der Waals surface area contributed by atoms with E-state index in [1.54, 1.807) is 12.1 Å². The summed E-state index contributed by atoms with van der Waals surface area (Å²) in [7, 11) is -4.08. The van der Waals surface area contributed by atoms with Crippen molar-refractivity contribution >= 4 is 16.1 Å². The van der Waals surface area contributed by atoms with Crippen LogP contribution in [0, 0.1) is 6.92 Å². The van der Waals surface area contributed by atoms with E-state index in [1.165, 1.54) is 69.9 Å². The minimum Gasteiger partial charge on any atom is -0.440 e. The number of ether oxygens (including phenoxy) is 2. The maximum Gasteiger partial charge on any atom is 0.424 e. The Morgan fingerprint density at radius 3 is 2.08 bits per heavy atom. The molecule has 2 aromatic rings. The summed E-state index contributed by atoms with van der Waals surface area (Å²) < 4.78 is 39.3. The number of nitrogens with zero attached hydrogens (tertiary/aromatic N) is 1. The lowest BCUT2D eigenvalue weighted by Crippen LogP contribution is -2.41. The van der Waals surface area contributed by atoms with Gasteiger partial charge in [0.2, 0.25) is 0 Å². The van der Waals surface area contributed by atoms with Crippen molar-refractivity contribution in [1.29, 1.82) is 0 Å². The lowest BCUT2D eigenvalue weighted by molar-refractivity contribution is 0.0316. The highest BCUT2D eigenvalue weighted by Crippen LogP contribution is 2.29. The van der Waals surface area contributed by atoms with Gasteiger partial charge in [0, 0.05) is 0 Å². The van der Waals surface area contributed by atoms with Gasteiger partial charge in [-0.3, -0.25) is 0 Å². The number of hydrogen-bond acceptors (Lipinski definition) is 5. The van der Waals surface area contributed by atoms with Crippen LogP contribution < -0.4 is 0 Å². The Kier molecular flexibility index (Phi) is 13.7. The molecule has 6 nitrogen and oxygen atoms in total. The second-order valence-corrected chi connectivity index (χ2v) is 12.6. The normalized spacial score (nSPS) is 17.6. The van der Waals surface area contributed by atoms with Crippen LogP contribution >= 0.6 is 0 Å². The van der Waals surface area contributed by atoms with Crippen molar-refractivity contribution in [2.75, 3.05) is 6.61 Å². The Labute approximate surface area is 241 Å². The molecule has 1 fully saturated rings. The van der Waals surface area contributed by atoms with Crippen molar-refractivity contribution in [3.63, 3.8) is 0 Å². The first-order valence-electron chi connectivity index (χ1n) is 15.0. The third-order valence-electron chi connectivity index (χ3n) is 7.36. The van der Waals surface area contributed by atoms with Crippen LogP contribution in [-0.4, -0.2) is 37.6 Å². The number of amides is 1. The second-order valence-electron chi connectivity index (χ2n) is 10.8. The summed E-state index contributed by atoms with van der Waals surface area (Å²) in [6.45, 7) is 4.60. The van der Waals surface area contributed by atoms with Gasteiger partial charge in [0.15, 0.2) is 6.10 Å². The van der Waals surface area contributed by atoms with Crippen molar-refractivity contribution in [2.24, 2.45) is 0 Å². The molecule has 0 unspecified atom stereocenters. The standard InChI is InChI=1S/C33H47NO5S/c1-3-4-5-6-7-8-9-10-11-12-13-14-18-21-31-32(27-38-26-29-19-16-15-17-20-29)39-33(35)34(31)40(36,37)30-24-22-28(2)23-25-30/h15-25,31-32H,3-14,26-27H2,1-2H3/b21-18+/t31-,32-/m1/s1. The van der Waals surface area contributed by atoms with Gasteiger partial charge in [0.1, 0.15) is 6.04 Å². The number of benzene rings is 2. The number of allylic oxidation sites excluding steroid dienone is 1. The van der Waals surface area contributed by atoms with E-state index in [4.69, 9.17) is 9.47 Å². The first-order valence-corrected chi connectivity index (χ1v) is 16.5. The third kappa shape index (κ3) is 10.1. The summed E-state index contributed by atoms with van der Waals surface area (Å²) in [6.07, 6.45) is 17.1. The molecule has 40 heavy (non-hydrogen) atoms. The average molecular weight is 570 g/mol. The maximum absolute atomic E-state index is 13.5. The van der Waals surface area contributed by atoms with E-state index in [0.29, 0.717) is 6.61 Å². The van der Waals surface area contributed by atoms with Gasteiger partial charge >= 0.3 is 6.09 Å². The van der Waals surface area contributed by atoms with Gasteiger partial charge in [-0.2, -0.15) is 4.31 Å². The Bertz CT molecular complexity index is 1130. The van der Waals surface area contributed by atoms with Crippen LogP contribution in [0.2, 0.25) is 0 Å². The molecule has 7 heteroatoms. The van der Waals surface area contributed by atoms with Crippen LogP contribution in [0.15, 0.2) is 71.6 Å². The van der Waals surface area contributed by atoms with Crippen molar-refractivity contribution in [3.8, 4) is 0 Å². The highest BCUT2D eigenvalue weighted by Gasteiger charge is 2.47. The van der Waals surface area contributed by atoms with Crippen LogP contribution in [-0.2, 0) is 26.1 Å². The van der Waals surface area contributed by atoms with E-state index in [-0.39, 0.29) is 11.5 Å². The molecule has 1 saturated heterocycles. The fourth-order valence-electron chi connectivity index (χ4n) is 4.97. The number of hydrogen-bond donors (Lipinski definition) is 0. The van der Waals surface area contributed by atoms with Crippen molar-refractivity contribution < 1.29 is 22.7 Å². The van der Waals surface area contributed by atoms with E-state index in [2.05, 4.69) is 6.92 Å². The number of carbonyl (C=O) groups excluding carboxylic acids is 1. The van der Waals surface area contributed by atoms with E-state index in [1.807, 2.05) is 49.4 Å². The molecule has 0 aromatic heterocycles. The van der Waals surface area contributed by atoms with Crippen molar-refractivity contribution in [1.82, 2.24) is 4.31 Å². The number of cyclic esters (lactones) is 1. The number of sulfonamides is 1. The van der Waals surface area contributed by atoms with Gasteiger partial charge in [-0.05, 0) is 37.5 Å². The van der Waals surface area contributed by atoms with Crippen LogP contribution in [0.3, 0.4) is 0 Å². The first kappa shape index (κ1) is 31.9. The third-order valence-corrected chi connectivity index (χ3v) is 9.14. The minimum atomic E-state index is -4.08. The zero-order chi connectivity index (χ0) is 28.6. The fourth-order valence-corrected chi connectivity index (χ4v) is 6.44. The van der Waals surface area contributed by atoms with Gasteiger partial charge in [-0.15, -0.1) is 0 Å². The largest absolute Gasteiger partial charge is 0.440 e. The van der Waals surface area contributed by atoms with E-state index < -0.39 is 28.3 Å².